The van der Waals surface area contributed by atoms with Crippen LogP contribution in [0.3, 0.4) is 0 Å². The minimum atomic E-state index is -1.11. The summed E-state index contributed by atoms with van der Waals surface area (Å²) in [5, 5.41) is 12.0. The summed E-state index contributed by atoms with van der Waals surface area (Å²) in [6.07, 6.45) is 0. The van der Waals surface area contributed by atoms with Crippen molar-refractivity contribution in [3.8, 4) is 0 Å². The predicted octanol–water partition coefficient (Wildman–Crippen LogP) is 0.609. The Hall–Kier alpha value is -2.04. The lowest BCUT2D eigenvalue weighted by molar-refractivity contribution is -0.914. The molecule has 0 spiro atoms. The van der Waals surface area contributed by atoms with Crippen molar-refractivity contribution in [2.75, 3.05) is 31.1 Å². The molecule has 0 saturated carbocycles. The van der Waals surface area contributed by atoms with Gasteiger partial charge in [0.15, 0.2) is 0 Å². The highest BCUT2D eigenvalue weighted by Gasteiger charge is 2.22. The highest BCUT2D eigenvalue weighted by Crippen LogP contribution is 2.19. The van der Waals surface area contributed by atoms with Crippen LogP contribution in [-0.2, 0) is 6.54 Å². The van der Waals surface area contributed by atoms with Crippen LogP contribution < -0.4 is 14.9 Å². The minimum absolute atomic E-state index is 0.272. The highest BCUT2D eigenvalue weighted by molar-refractivity contribution is 6.30. The number of hydrogen-bond donors (Lipinski definition) is 1. The Labute approximate surface area is 140 Å². The van der Waals surface area contributed by atoms with Gasteiger partial charge in [-0.25, -0.2) is 0 Å². The van der Waals surface area contributed by atoms with Crippen LogP contribution in [-0.4, -0.2) is 32.1 Å². The summed E-state index contributed by atoms with van der Waals surface area (Å²) in [7, 11) is 0. The predicted molar refractivity (Wildman–Crippen MR) is 88.8 cm³/mol. The number of piperazine rings is 1. The maximum absolute atomic E-state index is 11.2. The fourth-order valence-electron chi connectivity index (χ4n) is 3.05. The van der Waals surface area contributed by atoms with Crippen LogP contribution in [0.2, 0.25) is 5.02 Å². The van der Waals surface area contributed by atoms with Gasteiger partial charge in [-0.15, -0.1) is 0 Å². The second-order valence-electron chi connectivity index (χ2n) is 5.84. The molecule has 1 aliphatic rings. The van der Waals surface area contributed by atoms with E-state index < -0.39 is 5.97 Å². The van der Waals surface area contributed by atoms with Gasteiger partial charge in [-0.2, -0.15) is 0 Å². The molecule has 0 aliphatic carbocycles. The molecule has 0 unspecified atom stereocenters. The van der Waals surface area contributed by atoms with Crippen molar-refractivity contribution in [3.63, 3.8) is 0 Å². The van der Waals surface area contributed by atoms with Gasteiger partial charge < -0.3 is 19.7 Å². The van der Waals surface area contributed by atoms with Crippen molar-refractivity contribution in [3.05, 3.63) is 64.7 Å². The van der Waals surface area contributed by atoms with Gasteiger partial charge >= 0.3 is 0 Å². The van der Waals surface area contributed by atoms with Crippen LogP contribution in [0, 0.1) is 0 Å². The molecule has 0 bridgehead atoms. The number of carbonyl (C=O) groups excluding carboxylic acids is 1. The van der Waals surface area contributed by atoms with Gasteiger partial charge in [0.25, 0.3) is 0 Å². The van der Waals surface area contributed by atoms with Crippen molar-refractivity contribution in [2.45, 2.75) is 6.54 Å². The van der Waals surface area contributed by atoms with Gasteiger partial charge in [-0.1, -0.05) is 41.9 Å². The molecular formula is C18H19ClN2O2. The number of rotatable bonds is 4. The van der Waals surface area contributed by atoms with Crippen molar-refractivity contribution >= 4 is 23.3 Å². The molecule has 0 amide bonds. The molecule has 23 heavy (non-hydrogen) atoms. The number of carboxylic acids is 1. The normalized spacial score (nSPS) is 15.6. The lowest BCUT2D eigenvalue weighted by Gasteiger charge is -2.34. The summed E-state index contributed by atoms with van der Waals surface area (Å²) in [5.41, 5.74) is 2.31. The van der Waals surface area contributed by atoms with Crippen LogP contribution in [0.25, 0.3) is 0 Å². The van der Waals surface area contributed by atoms with Crippen LogP contribution >= 0.6 is 11.6 Å². The zero-order chi connectivity index (χ0) is 16.2. The fraction of sp³-hybridized carbons (Fsp3) is 0.278. The number of nitrogens with one attached hydrogen (secondary N) is 1. The summed E-state index contributed by atoms with van der Waals surface area (Å²) in [4.78, 5) is 14.9. The first-order valence-corrected chi connectivity index (χ1v) is 8.14. The van der Waals surface area contributed by atoms with Crippen molar-refractivity contribution < 1.29 is 14.8 Å². The standard InChI is InChI=1S/C18H19ClN2O2/c19-15-7-5-14(6-8-15)13-20-9-11-21(12-10-20)17-4-2-1-3-16(17)18(22)23/h1-8H,9-13H2,(H,22,23). The lowest BCUT2D eigenvalue weighted by Crippen LogP contribution is -3.13. The van der Waals surface area contributed by atoms with Gasteiger partial charge in [-0.3, -0.25) is 0 Å². The smallest absolute Gasteiger partial charge is 0.103 e. The van der Waals surface area contributed by atoms with E-state index in [1.54, 1.807) is 12.1 Å². The Bertz CT molecular complexity index is 680. The molecule has 2 aromatic carbocycles. The average molecular weight is 331 g/mol. The number of halogens is 1. The number of aromatic carboxylic acids is 1. The second kappa shape index (κ2) is 7.02. The third-order valence-electron chi connectivity index (χ3n) is 4.30. The van der Waals surface area contributed by atoms with E-state index in [2.05, 4.69) is 17.0 Å². The summed E-state index contributed by atoms with van der Waals surface area (Å²) >= 11 is 5.92. The monoisotopic (exact) mass is 330 g/mol. The molecule has 0 aromatic heterocycles. The number of quaternary nitrogens is 1. The molecule has 1 fully saturated rings. The Balaban J connectivity index is 1.62. The Morgan fingerprint density at radius 3 is 2.39 bits per heavy atom. The highest BCUT2D eigenvalue weighted by atomic mass is 35.5. The first kappa shape index (κ1) is 15.8. The molecular weight excluding hydrogens is 312 g/mol. The molecule has 4 nitrogen and oxygen atoms in total. The second-order valence-corrected chi connectivity index (χ2v) is 6.28. The molecule has 1 saturated heterocycles. The van der Waals surface area contributed by atoms with Gasteiger partial charge in [0, 0.05) is 21.8 Å². The third kappa shape index (κ3) is 3.84. The Morgan fingerprint density at radius 2 is 1.74 bits per heavy atom. The number of hydrogen-bond acceptors (Lipinski definition) is 3. The SMILES string of the molecule is O=C([O-])c1ccccc1N1CC[NH+](Cc2ccc(Cl)cc2)CC1. The van der Waals surface area contributed by atoms with E-state index in [0.717, 1.165) is 43.4 Å². The van der Waals surface area contributed by atoms with Crippen LogP contribution in [0.4, 0.5) is 5.69 Å². The minimum Gasteiger partial charge on any atom is -0.545 e. The molecule has 0 atom stereocenters. The number of anilines is 1. The summed E-state index contributed by atoms with van der Waals surface area (Å²) < 4.78 is 0. The molecule has 2 aromatic rings. The van der Waals surface area contributed by atoms with Crippen LogP contribution in [0.5, 0.6) is 0 Å². The Morgan fingerprint density at radius 1 is 1.09 bits per heavy atom. The van der Waals surface area contributed by atoms with E-state index in [-0.39, 0.29) is 5.56 Å². The fourth-order valence-corrected chi connectivity index (χ4v) is 3.18. The van der Waals surface area contributed by atoms with Gasteiger partial charge in [-0.05, 0) is 18.2 Å². The quantitative estimate of drug-likeness (QED) is 0.893. The molecule has 1 heterocycles. The maximum Gasteiger partial charge on any atom is 0.103 e. The van der Waals surface area contributed by atoms with Gasteiger partial charge in [0.05, 0.1) is 32.1 Å². The van der Waals surface area contributed by atoms with E-state index in [4.69, 9.17) is 11.6 Å². The van der Waals surface area contributed by atoms with E-state index in [0.29, 0.717) is 0 Å². The molecule has 120 valence electrons. The Kier molecular flexibility index (Phi) is 4.84. The first-order valence-electron chi connectivity index (χ1n) is 7.77. The largest absolute Gasteiger partial charge is 0.545 e. The van der Waals surface area contributed by atoms with E-state index >= 15 is 0 Å². The van der Waals surface area contributed by atoms with E-state index in [9.17, 15) is 9.90 Å². The van der Waals surface area contributed by atoms with E-state index in [1.165, 1.54) is 10.5 Å². The van der Waals surface area contributed by atoms with Crippen LogP contribution in [0.15, 0.2) is 48.5 Å². The van der Waals surface area contributed by atoms with Gasteiger partial charge in [0.1, 0.15) is 6.54 Å². The van der Waals surface area contributed by atoms with Crippen LogP contribution in [0.1, 0.15) is 15.9 Å². The molecule has 0 radical (unpaired) electrons. The lowest BCUT2D eigenvalue weighted by atomic mass is 10.1. The zero-order valence-corrected chi connectivity index (χ0v) is 13.6. The van der Waals surface area contributed by atoms with Crippen molar-refractivity contribution in [2.24, 2.45) is 0 Å². The number of para-hydroxylation sites is 1. The number of benzene rings is 2. The molecule has 3 rings (SSSR count). The van der Waals surface area contributed by atoms with E-state index in [1.807, 2.05) is 24.3 Å². The summed E-state index contributed by atoms with van der Waals surface area (Å²) in [6.45, 7) is 4.60. The van der Waals surface area contributed by atoms with Crippen molar-refractivity contribution in [1.82, 2.24) is 0 Å². The van der Waals surface area contributed by atoms with Crippen molar-refractivity contribution in [1.29, 1.82) is 0 Å². The zero-order valence-electron chi connectivity index (χ0n) is 12.8. The first-order chi connectivity index (χ1) is 11.1. The topological polar surface area (TPSA) is 47.8 Å². The number of carbonyl (C=O) groups is 1. The third-order valence-corrected chi connectivity index (χ3v) is 4.55. The number of carboxylic acid groups (broad SMARTS) is 1. The molecule has 5 heteroatoms. The summed E-state index contributed by atoms with van der Waals surface area (Å²) in [6, 6.07) is 15.0. The maximum atomic E-state index is 11.2. The molecule has 1 aliphatic heterocycles. The summed E-state index contributed by atoms with van der Waals surface area (Å²) in [5.74, 6) is -1.11. The average Bonchev–Trinajstić information content (AvgIpc) is 2.58. The van der Waals surface area contributed by atoms with Gasteiger partial charge in [0.2, 0.25) is 0 Å². The number of nitrogens with zero attached hydrogens (tertiary/aromatic N) is 1. The molecule has 1 N–H and O–H groups in total.